The van der Waals surface area contributed by atoms with Gasteiger partial charge in [0.2, 0.25) is 5.91 Å². The van der Waals surface area contributed by atoms with Gasteiger partial charge in [0, 0.05) is 12.8 Å². The maximum atomic E-state index is 12.5. The van der Waals surface area contributed by atoms with Crippen LogP contribution in [0.3, 0.4) is 0 Å². The SMILES string of the molecule is CCCCCCCC/C=C\CCCCCCCC(=O)OCCCCCCCCCCCCCCC(=O)NC(CO)C(O)CCCCCCCCCCCCCCCCCCCC. The van der Waals surface area contributed by atoms with Gasteiger partial charge in [-0.2, -0.15) is 0 Å². The highest BCUT2D eigenvalue weighted by Crippen LogP contribution is 2.17. The molecule has 2 atom stereocenters. The first-order valence-corrected chi connectivity index (χ1v) is 27.9. The fourth-order valence-corrected chi connectivity index (χ4v) is 8.75. The number of hydrogen-bond acceptors (Lipinski definition) is 5. The molecule has 0 aromatic rings. The lowest BCUT2D eigenvalue weighted by atomic mass is 10.0. The Balaban J connectivity index is 3.46. The first-order chi connectivity index (χ1) is 30.5. The second kappa shape index (κ2) is 52.2. The standard InChI is InChI=1S/C56H109NO5/c1-3-5-7-9-11-13-15-17-19-20-21-23-24-28-32-36-40-44-48-54(59)53(52-58)57-55(60)49-45-41-37-33-29-26-27-31-35-39-43-47-51-62-56(61)50-46-42-38-34-30-25-22-18-16-14-12-10-8-6-4-2/h18,22,53-54,58-59H,3-17,19-21,23-52H2,1-2H3,(H,57,60)/b22-18-. The fraction of sp³-hybridized carbons (Fsp3) is 0.929. The Morgan fingerprint density at radius 1 is 0.435 bits per heavy atom. The molecule has 0 heterocycles. The van der Waals surface area contributed by atoms with Crippen LogP contribution in [0, 0.1) is 0 Å². The summed E-state index contributed by atoms with van der Waals surface area (Å²) in [5.74, 6) is -0.0646. The summed E-state index contributed by atoms with van der Waals surface area (Å²) in [5, 5.41) is 23.3. The third-order valence-corrected chi connectivity index (χ3v) is 13.1. The second-order valence-corrected chi connectivity index (χ2v) is 19.3. The van der Waals surface area contributed by atoms with Crippen LogP contribution in [0.5, 0.6) is 0 Å². The number of aliphatic hydroxyl groups excluding tert-OH is 2. The molecule has 368 valence electrons. The summed E-state index contributed by atoms with van der Waals surface area (Å²) in [7, 11) is 0. The predicted octanol–water partition coefficient (Wildman–Crippen LogP) is 16.9. The lowest BCUT2D eigenvalue weighted by Crippen LogP contribution is -2.45. The summed E-state index contributed by atoms with van der Waals surface area (Å²) in [6.45, 7) is 4.93. The predicted molar refractivity (Wildman–Crippen MR) is 269 cm³/mol. The van der Waals surface area contributed by atoms with Crippen molar-refractivity contribution in [2.45, 2.75) is 321 Å². The highest BCUT2D eigenvalue weighted by atomic mass is 16.5. The lowest BCUT2D eigenvalue weighted by Gasteiger charge is -2.22. The number of allylic oxidation sites excluding steroid dienone is 2. The quantitative estimate of drug-likeness (QED) is 0.0321. The van der Waals surface area contributed by atoms with E-state index in [2.05, 4.69) is 31.3 Å². The molecule has 6 nitrogen and oxygen atoms in total. The molecule has 0 radical (unpaired) electrons. The zero-order valence-electron chi connectivity index (χ0n) is 41.9. The second-order valence-electron chi connectivity index (χ2n) is 19.3. The van der Waals surface area contributed by atoms with Crippen molar-refractivity contribution in [3.8, 4) is 0 Å². The molecule has 0 aliphatic carbocycles. The first kappa shape index (κ1) is 60.6. The number of unbranched alkanes of at least 4 members (excludes halogenated alkanes) is 39. The number of rotatable bonds is 52. The van der Waals surface area contributed by atoms with E-state index in [1.807, 2.05) is 0 Å². The van der Waals surface area contributed by atoms with E-state index in [0.29, 0.717) is 25.9 Å². The largest absolute Gasteiger partial charge is 0.466 e. The number of hydrogen-bond donors (Lipinski definition) is 3. The van der Waals surface area contributed by atoms with Crippen molar-refractivity contribution in [3.05, 3.63) is 12.2 Å². The van der Waals surface area contributed by atoms with E-state index < -0.39 is 12.1 Å². The van der Waals surface area contributed by atoms with Crippen LogP contribution < -0.4 is 5.32 Å². The zero-order valence-corrected chi connectivity index (χ0v) is 41.9. The third-order valence-electron chi connectivity index (χ3n) is 13.1. The van der Waals surface area contributed by atoms with Crippen molar-refractivity contribution in [2.75, 3.05) is 13.2 Å². The number of nitrogens with one attached hydrogen (secondary N) is 1. The molecule has 0 saturated carbocycles. The van der Waals surface area contributed by atoms with Crippen LogP contribution in [0.2, 0.25) is 0 Å². The maximum Gasteiger partial charge on any atom is 0.305 e. The number of carbonyl (C=O) groups excluding carboxylic acids is 2. The molecule has 3 N–H and O–H groups in total. The highest BCUT2D eigenvalue weighted by molar-refractivity contribution is 5.76. The van der Waals surface area contributed by atoms with Crippen LogP contribution in [0.1, 0.15) is 309 Å². The molecule has 0 aromatic heterocycles. The third kappa shape index (κ3) is 48.1. The number of ether oxygens (including phenoxy) is 1. The Morgan fingerprint density at radius 2 is 0.758 bits per heavy atom. The van der Waals surface area contributed by atoms with Gasteiger partial charge in [-0.15, -0.1) is 0 Å². The van der Waals surface area contributed by atoms with Gasteiger partial charge < -0.3 is 20.3 Å². The van der Waals surface area contributed by atoms with Gasteiger partial charge in [-0.3, -0.25) is 9.59 Å². The number of carbonyl (C=O) groups is 2. The molecule has 2 unspecified atom stereocenters. The first-order valence-electron chi connectivity index (χ1n) is 27.9. The zero-order chi connectivity index (χ0) is 45.1. The number of aliphatic hydroxyl groups is 2. The summed E-state index contributed by atoms with van der Waals surface area (Å²) in [4.78, 5) is 24.5. The monoisotopic (exact) mass is 876 g/mol. The molecule has 0 rings (SSSR count). The molecule has 0 bridgehead atoms. The Kier molecular flexibility index (Phi) is 51.0. The molecule has 1 amide bonds. The molecule has 0 spiro atoms. The minimum absolute atomic E-state index is 0.0163. The molecule has 0 aliphatic rings. The molecule has 0 saturated heterocycles. The molecule has 0 fully saturated rings. The van der Waals surface area contributed by atoms with Gasteiger partial charge in [0.1, 0.15) is 0 Å². The average molecular weight is 876 g/mol. The Labute approximate surface area is 387 Å². The summed E-state index contributed by atoms with van der Waals surface area (Å²) in [6.07, 6.45) is 60.4. The average Bonchev–Trinajstić information content (AvgIpc) is 3.27. The Hall–Kier alpha value is -1.40. The van der Waals surface area contributed by atoms with Gasteiger partial charge in [-0.1, -0.05) is 257 Å². The van der Waals surface area contributed by atoms with Crippen molar-refractivity contribution in [2.24, 2.45) is 0 Å². The Morgan fingerprint density at radius 3 is 1.15 bits per heavy atom. The van der Waals surface area contributed by atoms with E-state index in [0.717, 1.165) is 57.8 Å². The van der Waals surface area contributed by atoms with Crippen molar-refractivity contribution in [3.63, 3.8) is 0 Å². The summed E-state index contributed by atoms with van der Waals surface area (Å²) < 4.78 is 5.46. The van der Waals surface area contributed by atoms with Crippen LogP contribution in [0.4, 0.5) is 0 Å². The van der Waals surface area contributed by atoms with Gasteiger partial charge in [0.25, 0.3) is 0 Å². The molecule has 6 heteroatoms. The van der Waals surface area contributed by atoms with E-state index in [1.165, 1.54) is 218 Å². The van der Waals surface area contributed by atoms with E-state index in [1.54, 1.807) is 0 Å². The van der Waals surface area contributed by atoms with Crippen LogP contribution in [0.15, 0.2) is 12.2 Å². The van der Waals surface area contributed by atoms with Crippen LogP contribution in [-0.4, -0.2) is 47.4 Å². The summed E-state index contributed by atoms with van der Waals surface area (Å²) in [6, 6.07) is -0.553. The van der Waals surface area contributed by atoms with Gasteiger partial charge in [0.05, 0.1) is 25.4 Å². The van der Waals surface area contributed by atoms with Crippen molar-refractivity contribution in [1.82, 2.24) is 5.32 Å². The molecular formula is C56H109NO5. The van der Waals surface area contributed by atoms with Crippen molar-refractivity contribution >= 4 is 11.9 Å². The van der Waals surface area contributed by atoms with Gasteiger partial charge in [0.15, 0.2) is 0 Å². The molecule has 0 aliphatic heterocycles. The van der Waals surface area contributed by atoms with E-state index >= 15 is 0 Å². The van der Waals surface area contributed by atoms with Crippen LogP contribution in [-0.2, 0) is 14.3 Å². The minimum Gasteiger partial charge on any atom is -0.466 e. The Bertz CT molecular complexity index is 924. The smallest absolute Gasteiger partial charge is 0.305 e. The van der Waals surface area contributed by atoms with Crippen LogP contribution in [0.25, 0.3) is 0 Å². The van der Waals surface area contributed by atoms with E-state index in [4.69, 9.17) is 4.74 Å². The minimum atomic E-state index is -0.674. The lowest BCUT2D eigenvalue weighted by molar-refractivity contribution is -0.143. The normalized spacial score (nSPS) is 12.6. The molecule has 0 aromatic carbocycles. The van der Waals surface area contributed by atoms with E-state index in [-0.39, 0.29) is 18.5 Å². The van der Waals surface area contributed by atoms with Crippen LogP contribution >= 0.6 is 0 Å². The van der Waals surface area contributed by atoms with Crippen molar-refractivity contribution < 1.29 is 24.5 Å². The maximum absolute atomic E-state index is 12.5. The summed E-state index contributed by atoms with van der Waals surface area (Å²) >= 11 is 0. The van der Waals surface area contributed by atoms with Crippen molar-refractivity contribution in [1.29, 1.82) is 0 Å². The van der Waals surface area contributed by atoms with Gasteiger partial charge >= 0.3 is 5.97 Å². The topological polar surface area (TPSA) is 95.9 Å². The fourth-order valence-electron chi connectivity index (χ4n) is 8.75. The number of amides is 1. The number of esters is 1. The summed E-state index contributed by atoms with van der Waals surface area (Å²) in [5.41, 5.74) is 0. The van der Waals surface area contributed by atoms with Gasteiger partial charge in [-0.05, 0) is 51.4 Å². The molecular weight excluding hydrogens is 767 g/mol. The van der Waals surface area contributed by atoms with Gasteiger partial charge in [-0.25, -0.2) is 0 Å². The van der Waals surface area contributed by atoms with E-state index in [9.17, 15) is 19.8 Å². The molecule has 62 heavy (non-hydrogen) atoms. The highest BCUT2D eigenvalue weighted by Gasteiger charge is 2.20.